The van der Waals surface area contributed by atoms with Gasteiger partial charge in [-0.05, 0) is 31.5 Å². The van der Waals surface area contributed by atoms with Gasteiger partial charge in [-0.25, -0.2) is 4.79 Å². The third-order valence-corrected chi connectivity index (χ3v) is 2.96. The van der Waals surface area contributed by atoms with Crippen molar-refractivity contribution < 1.29 is 18.7 Å². The molecule has 106 valence electrons. The molecule has 0 aliphatic heterocycles. The largest absolute Gasteiger partial charge is 0.462 e. The van der Waals surface area contributed by atoms with E-state index in [9.17, 15) is 9.59 Å². The summed E-state index contributed by atoms with van der Waals surface area (Å²) in [5, 5.41) is 2.59. The van der Waals surface area contributed by atoms with Crippen molar-refractivity contribution in [3.05, 3.63) is 40.6 Å². The van der Waals surface area contributed by atoms with E-state index >= 15 is 0 Å². The molecule has 2 N–H and O–H groups in total. The van der Waals surface area contributed by atoms with Gasteiger partial charge >= 0.3 is 5.97 Å². The monoisotopic (exact) mass is 296 g/mol. The molecule has 0 aromatic carbocycles. The first kappa shape index (κ1) is 14.2. The highest BCUT2D eigenvalue weighted by Gasteiger charge is 2.21. The fourth-order valence-corrected chi connectivity index (χ4v) is 1.94. The van der Waals surface area contributed by atoms with E-state index in [1.54, 1.807) is 13.8 Å². The Morgan fingerprint density at radius 3 is 2.85 bits per heavy atom. The van der Waals surface area contributed by atoms with Crippen molar-refractivity contribution in [3.63, 3.8) is 0 Å². The maximum absolute atomic E-state index is 12.0. The maximum Gasteiger partial charge on any atom is 0.342 e. The number of anilines is 1. The van der Waals surface area contributed by atoms with E-state index in [-0.39, 0.29) is 17.4 Å². The predicted molar refractivity (Wildman–Crippen MR) is 73.2 cm³/mol. The number of aryl methyl sites for hydroxylation is 1. The molecule has 2 aromatic heterocycles. The minimum absolute atomic E-state index is 0.00700. The number of nitrogens with one attached hydrogen (secondary N) is 2. The molecule has 2 rings (SSSR count). The summed E-state index contributed by atoms with van der Waals surface area (Å²) in [5.41, 5.74) is 1.43. The van der Waals surface area contributed by atoms with E-state index in [1.165, 1.54) is 18.5 Å². The van der Waals surface area contributed by atoms with E-state index in [0.717, 1.165) is 0 Å². The number of carbonyl (C=O) groups excluding carboxylic acids is 2. The molecule has 0 aliphatic carbocycles. The van der Waals surface area contributed by atoms with Gasteiger partial charge in [0, 0.05) is 11.9 Å². The Hall–Kier alpha value is -2.21. The highest BCUT2D eigenvalue weighted by molar-refractivity contribution is 6.32. The topological polar surface area (TPSA) is 84.3 Å². The Balaban J connectivity index is 2.24. The quantitative estimate of drug-likeness (QED) is 0.849. The van der Waals surface area contributed by atoms with Gasteiger partial charge in [0.2, 0.25) is 5.22 Å². The summed E-state index contributed by atoms with van der Waals surface area (Å²) in [6, 6.07) is 1.45. The average Bonchev–Trinajstić information content (AvgIpc) is 2.96. The lowest BCUT2D eigenvalue weighted by atomic mass is 10.2. The smallest absolute Gasteiger partial charge is 0.342 e. The summed E-state index contributed by atoms with van der Waals surface area (Å²) in [7, 11) is 0. The Morgan fingerprint density at radius 2 is 2.25 bits per heavy atom. The highest BCUT2D eigenvalue weighted by atomic mass is 35.5. The van der Waals surface area contributed by atoms with Gasteiger partial charge in [0.15, 0.2) is 0 Å². The second-order valence-corrected chi connectivity index (χ2v) is 4.33. The summed E-state index contributed by atoms with van der Waals surface area (Å²) < 4.78 is 9.80. The lowest BCUT2D eigenvalue weighted by molar-refractivity contribution is 0.0527. The maximum atomic E-state index is 12.0. The number of aromatic nitrogens is 1. The van der Waals surface area contributed by atoms with Crippen molar-refractivity contribution in [2.75, 3.05) is 11.9 Å². The molecule has 0 aliphatic rings. The van der Waals surface area contributed by atoms with Crippen molar-refractivity contribution in [1.82, 2.24) is 4.98 Å². The Bertz CT molecular complexity index is 645. The summed E-state index contributed by atoms with van der Waals surface area (Å²) >= 11 is 5.73. The molecule has 0 saturated carbocycles. The lowest BCUT2D eigenvalue weighted by Crippen LogP contribution is -2.15. The minimum atomic E-state index is -0.500. The molecule has 1 amide bonds. The third-order valence-electron chi connectivity index (χ3n) is 2.67. The average molecular weight is 297 g/mol. The van der Waals surface area contributed by atoms with Gasteiger partial charge in [-0.2, -0.15) is 0 Å². The van der Waals surface area contributed by atoms with Crippen LogP contribution in [0.25, 0.3) is 0 Å². The van der Waals surface area contributed by atoms with Gasteiger partial charge in [-0.15, -0.1) is 0 Å². The van der Waals surface area contributed by atoms with Gasteiger partial charge in [-0.3, -0.25) is 4.79 Å². The van der Waals surface area contributed by atoms with Crippen LogP contribution in [0.1, 0.15) is 33.3 Å². The van der Waals surface area contributed by atoms with Crippen LogP contribution in [-0.2, 0) is 4.74 Å². The van der Waals surface area contributed by atoms with Gasteiger partial charge in [0.05, 0.1) is 24.1 Å². The number of halogens is 1. The molecule has 0 fully saturated rings. The van der Waals surface area contributed by atoms with E-state index in [1.807, 2.05) is 0 Å². The second kappa shape index (κ2) is 5.83. The van der Waals surface area contributed by atoms with Gasteiger partial charge in [-0.1, -0.05) is 0 Å². The molecule has 0 bridgehead atoms. The summed E-state index contributed by atoms with van der Waals surface area (Å²) in [6.07, 6.45) is 2.83. The SMILES string of the molecule is CCOC(=O)c1c(NC(=O)c2ccoc2Cl)c[nH]c1C. The number of amides is 1. The fraction of sp³-hybridized carbons (Fsp3) is 0.231. The zero-order chi connectivity index (χ0) is 14.7. The number of esters is 1. The highest BCUT2D eigenvalue weighted by Crippen LogP contribution is 2.23. The van der Waals surface area contributed by atoms with Crippen LogP contribution in [0.5, 0.6) is 0 Å². The molecular formula is C13H13ClN2O4. The first-order valence-electron chi connectivity index (χ1n) is 5.94. The Labute approximate surface area is 120 Å². The van der Waals surface area contributed by atoms with Crippen LogP contribution in [0.2, 0.25) is 5.22 Å². The van der Waals surface area contributed by atoms with Gasteiger partial charge in [0.25, 0.3) is 5.91 Å². The van der Waals surface area contributed by atoms with Crippen LogP contribution in [0.4, 0.5) is 5.69 Å². The standard InChI is InChI=1S/C13H13ClN2O4/c1-3-19-13(18)10-7(2)15-6-9(10)16-12(17)8-4-5-20-11(8)14/h4-6,15H,3H2,1-2H3,(H,16,17). The van der Waals surface area contributed by atoms with Gasteiger partial charge in [0.1, 0.15) is 5.56 Å². The summed E-state index contributed by atoms with van der Waals surface area (Å²) in [4.78, 5) is 26.7. The Kier molecular flexibility index (Phi) is 4.14. The lowest BCUT2D eigenvalue weighted by Gasteiger charge is -2.06. The molecule has 0 atom stereocenters. The number of hydrogen-bond donors (Lipinski definition) is 2. The molecule has 0 spiro atoms. The summed E-state index contributed by atoms with van der Waals surface area (Å²) in [6.45, 7) is 3.68. The van der Waals surface area contributed by atoms with E-state index < -0.39 is 11.9 Å². The number of furan rings is 1. The number of ether oxygens (including phenoxy) is 1. The summed E-state index contributed by atoms with van der Waals surface area (Å²) in [5.74, 6) is -0.965. The number of H-pyrrole nitrogens is 1. The van der Waals surface area contributed by atoms with Crippen LogP contribution in [0.3, 0.4) is 0 Å². The normalized spacial score (nSPS) is 10.3. The molecule has 0 radical (unpaired) electrons. The predicted octanol–water partition coefficient (Wildman–Crippen LogP) is 3.00. The second-order valence-electron chi connectivity index (χ2n) is 3.98. The van der Waals surface area contributed by atoms with E-state index in [0.29, 0.717) is 16.9 Å². The third kappa shape index (κ3) is 2.70. The van der Waals surface area contributed by atoms with Gasteiger partial charge < -0.3 is 19.5 Å². The number of aromatic amines is 1. The van der Waals surface area contributed by atoms with Crippen LogP contribution in [0.15, 0.2) is 22.9 Å². The molecule has 2 aromatic rings. The molecule has 7 heteroatoms. The first-order chi connectivity index (χ1) is 9.54. The number of carbonyl (C=O) groups is 2. The van der Waals surface area contributed by atoms with Crippen LogP contribution in [-0.4, -0.2) is 23.5 Å². The zero-order valence-electron chi connectivity index (χ0n) is 11.0. The van der Waals surface area contributed by atoms with Crippen molar-refractivity contribution in [1.29, 1.82) is 0 Å². The fourth-order valence-electron chi connectivity index (χ4n) is 1.74. The number of hydrogen-bond acceptors (Lipinski definition) is 4. The molecule has 2 heterocycles. The van der Waals surface area contributed by atoms with E-state index in [4.69, 9.17) is 20.8 Å². The first-order valence-corrected chi connectivity index (χ1v) is 6.31. The van der Waals surface area contributed by atoms with Crippen LogP contribution < -0.4 is 5.32 Å². The van der Waals surface area contributed by atoms with Crippen molar-refractivity contribution in [3.8, 4) is 0 Å². The van der Waals surface area contributed by atoms with Crippen molar-refractivity contribution in [2.24, 2.45) is 0 Å². The van der Waals surface area contributed by atoms with E-state index in [2.05, 4.69) is 10.3 Å². The minimum Gasteiger partial charge on any atom is -0.462 e. The molecule has 0 saturated heterocycles. The van der Waals surface area contributed by atoms with Crippen LogP contribution >= 0.6 is 11.6 Å². The molecule has 6 nitrogen and oxygen atoms in total. The van der Waals surface area contributed by atoms with Crippen molar-refractivity contribution >= 4 is 29.2 Å². The van der Waals surface area contributed by atoms with Crippen LogP contribution in [0, 0.1) is 6.92 Å². The van der Waals surface area contributed by atoms with Crippen molar-refractivity contribution in [2.45, 2.75) is 13.8 Å². The number of rotatable bonds is 4. The molecule has 20 heavy (non-hydrogen) atoms. The Morgan fingerprint density at radius 1 is 1.50 bits per heavy atom. The zero-order valence-corrected chi connectivity index (χ0v) is 11.7. The molecular weight excluding hydrogens is 284 g/mol. The molecule has 0 unspecified atom stereocenters.